The van der Waals surface area contributed by atoms with E-state index < -0.39 is 5.91 Å². The Kier molecular flexibility index (Phi) is 4.92. The fourth-order valence-electron chi connectivity index (χ4n) is 1.85. The first-order valence-electron chi connectivity index (χ1n) is 7.01. The van der Waals surface area contributed by atoms with Crippen LogP contribution < -0.4 is 10.6 Å². The molecule has 0 spiro atoms. The van der Waals surface area contributed by atoms with Crippen molar-refractivity contribution in [1.29, 1.82) is 0 Å². The molecule has 0 radical (unpaired) electrons. The third-order valence-corrected chi connectivity index (χ3v) is 3.76. The van der Waals surface area contributed by atoms with Crippen LogP contribution in [0.3, 0.4) is 0 Å². The lowest BCUT2D eigenvalue weighted by molar-refractivity contribution is -0.120. The maximum Gasteiger partial charge on any atom is 0.277 e. The van der Waals surface area contributed by atoms with Crippen molar-refractivity contribution in [3.63, 3.8) is 0 Å². The molecule has 0 aromatic carbocycles. The van der Waals surface area contributed by atoms with Gasteiger partial charge in [-0.05, 0) is 12.1 Å². The van der Waals surface area contributed by atoms with E-state index in [-0.39, 0.29) is 18.0 Å². The molecule has 0 unspecified atom stereocenters. The minimum Gasteiger partial charge on any atom is -0.467 e. The van der Waals surface area contributed by atoms with Crippen LogP contribution in [0.1, 0.15) is 21.9 Å². The Morgan fingerprint density at radius 3 is 2.96 bits per heavy atom. The molecule has 0 bridgehead atoms. The summed E-state index contributed by atoms with van der Waals surface area (Å²) < 4.78 is 5.14. The van der Waals surface area contributed by atoms with Gasteiger partial charge in [0.1, 0.15) is 11.5 Å². The van der Waals surface area contributed by atoms with Gasteiger partial charge in [0.25, 0.3) is 5.91 Å². The van der Waals surface area contributed by atoms with Crippen molar-refractivity contribution in [2.45, 2.75) is 13.0 Å². The topological polar surface area (TPSA) is 110 Å². The van der Waals surface area contributed by atoms with E-state index in [0.29, 0.717) is 23.1 Å². The largest absolute Gasteiger partial charge is 0.467 e. The van der Waals surface area contributed by atoms with Crippen LogP contribution in [0.2, 0.25) is 0 Å². The number of hydrogen-bond donors (Lipinski definition) is 2. The average Bonchev–Trinajstić information content (AvgIpc) is 3.26. The second-order valence-corrected chi connectivity index (χ2v) is 5.58. The van der Waals surface area contributed by atoms with Gasteiger partial charge in [0.2, 0.25) is 5.91 Å². The van der Waals surface area contributed by atoms with Crippen LogP contribution in [-0.2, 0) is 17.8 Å². The summed E-state index contributed by atoms with van der Waals surface area (Å²) >= 11 is 1.24. The summed E-state index contributed by atoms with van der Waals surface area (Å²) in [4.78, 5) is 35.8. The highest BCUT2D eigenvalue weighted by Crippen LogP contribution is 2.16. The van der Waals surface area contributed by atoms with Crippen LogP contribution in [-0.4, -0.2) is 26.8 Å². The Morgan fingerprint density at radius 1 is 1.29 bits per heavy atom. The van der Waals surface area contributed by atoms with Crippen molar-refractivity contribution in [3.05, 3.63) is 59.5 Å². The van der Waals surface area contributed by atoms with E-state index in [1.54, 1.807) is 23.8 Å². The number of nitrogens with zero attached hydrogens (tertiary/aromatic N) is 3. The summed E-state index contributed by atoms with van der Waals surface area (Å²) in [7, 11) is 0. The summed E-state index contributed by atoms with van der Waals surface area (Å²) in [5, 5.41) is 7.48. The molecule has 8 nitrogen and oxygen atoms in total. The lowest BCUT2D eigenvalue weighted by Gasteiger charge is -2.01. The first-order valence-corrected chi connectivity index (χ1v) is 7.89. The molecule has 3 aromatic heterocycles. The zero-order valence-electron chi connectivity index (χ0n) is 12.4. The predicted molar refractivity (Wildman–Crippen MR) is 86.4 cm³/mol. The van der Waals surface area contributed by atoms with Crippen LogP contribution >= 0.6 is 11.3 Å². The van der Waals surface area contributed by atoms with E-state index in [4.69, 9.17) is 4.42 Å². The molecule has 9 heteroatoms. The first kappa shape index (κ1) is 15.8. The third-order valence-electron chi connectivity index (χ3n) is 2.95. The molecule has 0 aliphatic carbocycles. The molecule has 0 aliphatic heterocycles. The summed E-state index contributed by atoms with van der Waals surface area (Å²) in [6.45, 7) is 0.326. The Hall–Kier alpha value is -3.07. The fraction of sp³-hybridized carbons (Fsp3) is 0.133. The van der Waals surface area contributed by atoms with E-state index in [1.165, 1.54) is 29.9 Å². The van der Waals surface area contributed by atoms with Crippen LogP contribution in [0.25, 0.3) is 0 Å². The highest BCUT2D eigenvalue weighted by Gasteiger charge is 2.12. The summed E-state index contributed by atoms with van der Waals surface area (Å²) in [5.74, 6) is 0.105. The number of hydrogen-bond acceptors (Lipinski definition) is 7. The molecular formula is C15H13N5O3S. The van der Waals surface area contributed by atoms with Crippen LogP contribution in [0, 0.1) is 0 Å². The number of nitrogens with one attached hydrogen (secondary N) is 2. The van der Waals surface area contributed by atoms with Gasteiger partial charge in [0.05, 0.1) is 31.1 Å². The first-order chi connectivity index (χ1) is 11.7. The summed E-state index contributed by atoms with van der Waals surface area (Å²) in [6, 6.07) is 3.54. The predicted octanol–water partition coefficient (Wildman–Crippen LogP) is 1.64. The number of anilines is 1. The lowest BCUT2D eigenvalue weighted by Crippen LogP contribution is -2.24. The lowest BCUT2D eigenvalue weighted by atomic mass is 10.3. The van der Waals surface area contributed by atoms with Crippen molar-refractivity contribution in [1.82, 2.24) is 20.3 Å². The SMILES string of the molecule is O=C(Cc1csc(NC(=O)c2cnccn2)n1)NCc1ccco1. The van der Waals surface area contributed by atoms with E-state index in [0.717, 1.165) is 0 Å². The second kappa shape index (κ2) is 7.47. The molecule has 2 N–H and O–H groups in total. The maximum absolute atomic E-state index is 11.9. The molecule has 0 aliphatic rings. The van der Waals surface area contributed by atoms with E-state index in [1.807, 2.05) is 0 Å². The van der Waals surface area contributed by atoms with Crippen molar-refractivity contribution in [2.75, 3.05) is 5.32 Å². The average molecular weight is 343 g/mol. The molecule has 0 saturated carbocycles. The molecule has 122 valence electrons. The van der Waals surface area contributed by atoms with Crippen molar-refractivity contribution in [3.8, 4) is 0 Å². The van der Waals surface area contributed by atoms with Gasteiger partial charge in [-0.25, -0.2) is 9.97 Å². The van der Waals surface area contributed by atoms with E-state index >= 15 is 0 Å². The minimum atomic E-state index is -0.397. The number of thiazole rings is 1. The number of aromatic nitrogens is 3. The van der Waals surface area contributed by atoms with Crippen LogP contribution in [0.15, 0.2) is 46.8 Å². The van der Waals surface area contributed by atoms with Crippen molar-refractivity contribution < 1.29 is 14.0 Å². The molecular weight excluding hydrogens is 330 g/mol. The maximum atomic E-state index is 11.9. The van der Waals surface area contributed by atoms with Gasteiger partial charge in [-0.3, -0.25) is 19.9 Å². The standard InChI is InChI=1S/C15H13N5O3S/c21-13(18-7-11-2-1-5-23-11)6-10-9-24-15(19-10)20-14(22)12-8-16-3-4-17-12/h1-5,8-9H,6-7H2,(H,18,21)(H,19,20,22). The van der Waals surface area contributed by atoms with E-state index in [2.05, 4.69) is 25.6 Å². The van der Waals surface area contributed by atoms with Crippen molar-refractivity contribution in [2.24, 2.45) is 0 Å². The Labute approximate surface area is 141 Å². The number of rotatable bonds is 6. The monoisotopic (exact) mass is 343 g/mol. The molecule has 0 fully saturated rings. The van der Waals surface area contributed by atoms with Gasteiger partial charge >= 0.3 is 0 Å². The second-order valence-electron chi connectivity index (χ2n) is 4.72. The number of amides is 2. The zero-order chi connectivity index (χ0) is 16.8. The minimum absolute atomic E-state index is 0.123. The molecule has 0 saturated heterocycles. The third kappa shape index (κ3) is 4.23. The molecule has 24 heavy (non-hydrogen) atoms. The van der Waals surface area contributed by atoms with Crippen LogP contribution in [0.5, 0.6) is 0 Å². The molecule has 2 amide bonds. The Bertz CT molecular complexity index is 817. The van der Waals surface area contributed by atoms with Gasteiger partial charge in [-0.1, -0.05) is 0 Å². The Balaban J connectivity index is 1.51. The number of furan rings is 1. The highest BCUT2D eigenvalue weighted by molar-refractivity contribution is 7.14. The number of carbonyl (C=O) groups is 2. The Morgan fingerprint density at radius 2 is 2.21 bits per heavy atom. The van der Waals surface area contributed by atoms with Gasteiger partial charge in [0.15, 0.2) is 5.13 Å². The van der Waals surface area contributed by atoms with Gasteiger partial charge < -0.3 is 9.73 Å². The number of carbonyl (C=O) groups excluding carboxylic acids is 2. The van der Waals surface area contributed by atoms with Gasteiger partial charge in [-0.15, -0.1) is 11.3 Å². The summed E-state index contributed by atoms with van der Waals surface area (Å²) in [6.07, 6.45) is 5.96. The molecule has 3 aromatic rings. The zero-order valence-corrected chi connectivity index (χ0v) is 13.2. The van der Waals surface area contributed by atoms with Gasteiger partial charge in [0, 0.05) is 17.8 Å². The van der Waals surface area contributed by atoms with E-state index in [9.17, 15) is 9.59 Å². The smallest absolute Gasteiger partial charge is 0.277 e. The fourth-order valence-corrected chi connectivity index (χ4v) is 2.55. The normalized spacial score (nSPS) is 10.3. The molecule has 3 rings (SSSR count). The molecule has 0 atom stereocenters. The molecule has 3 heterocycles. The summed E-state index contributed by atoms with van der Waals surface area (Å²) in [5.41, 5.74) is 0.775. The van der Waals surface area contributed by atoms with Crippen LogP contribution in [0.4, 0.5) is 5.13 Å². The quantitative estimate of drug-likeness (QED) is 0.704. The van der Waals surface area contributed by atoms with Crippen molar-refractivity contribution >= 4 is 28.3 Å². The van der Waals surface area contributed by atoms with Gasteiger partial charge in [-0.2, -0.15) is 0 Å². The highest BCUT2D eigenvalue weighted by atomic mass is 32.1.